The SMILES string of the molecule is COc1cc2c(cc1OC)[C@H]1C=CC[C@H](c3ccccc3)[C@H]1C2=O. The van der Waals surface area contributed by atoms with E-state index in [2.05, 4.69) is 24.3 Å². The Morgan fingerprint density at radius 3 is 2.42 bits per heavy atom. The van der Waals surface area contributed by atoms with E-state index in [4.69, 9.17) is 9.47 Å². The molecule has 3 nitrogen and oxygen atoms in total. The summed E-state index contributed by atoms with van der Waals surface area (Å²) in [6, 6.07) is 14.2. The predicted octanol–water partition coefficient (Wildman–Crippen LogP) is 4.34. The van der Waals surface area contributed by atoms with E-state index in [9.17, 15) is 4.79 Å². The van der Waals surface area contributed by atoms with Crippen molar-refractivity contribution in [3.8, 4) is 11.5 Å². The highest BCUT2D eigenvalue weighted by atomic mass is 16.5. The van der Waals surface area contributed by atoms with Crippen molar-refractivity contribution in [1.29, 1.82) is 0 Å². The van der Waals surface area contributed by atoms with Crippen molar-refractivity contribution >= 4 is 5.78 Å². The fourth-order valence-corrected chi connectivity index (χ4v) is 4.14. The van der Waals surface area contributed by atoms with Crippen LogP contribution in [-0.4, -0.2) is 20.0 Å². The fraction of sp³-hybridized carbons (Fsp3) is 0.286. The molecule has 0 aliphatic heterocycles. The van der Waals surface area contributed by atoms with Gasteiger partial charge in [0.05, 0.1) is 14.2 Å². The van der Waals surface area contributed by atoms with E-state index in [0.29, 0.717) is 11.5 Å². The van der Waals surface area contributed by atoms with Crippen LogP contribution in [0.25, 0.3) is 0 Å². The summed E-state index contributed by atoms with van der Waals surface area (Å²) in [5.74, 6) is 1.81. The lowest BCUT2D eigenvalue weighted by molar-refractivity contribution is 0.0906. The van der Waals surface area contributed by atoms with Gasteiger partial charge < -0.3 is 9.47 Å². The van der Waals surface area contributed by atoms with E-state index in [-0.39, 0.29) is 23.5 Å². The first kappa shape index (κ1) is 15.0. The molecule has 0 N–H and O–H groups in total. The lowest BCUT2D eigenvalue weighted by atomic mass is 9.73. The monoisotopic (exact) mass is 320 g/mol. The molecule has 0 unspecified atom stereocenters. The Balaban J connectivity index is 1.81. The fourth-order valence-electron chi connectivity index (χ4n) is 4.14. The quantitative estimate of drug-likeness (QED) is 0.789. The summed E-state index contributed by atoms with van der Waals surface area (Å²) in [5, 5.41) is 0. The molecule has 0 heterocycles. The Hall–Kier alpha value is -2.55. The highest BCUT2D eigenvalue weighted by Crippen LogP contribution is 2.51. The lowest BCUT2D eigenvalue weighted by Gasteiger charge is -2.29. The molecule has 0 aromatic heterocycles. The third-order valence-electron chi connectivity index (χ3n) is 5.26. The molecule has 0 bridgehead atoms. The minimum Gasteiger partial charge on any atom is -0.493 e. The number of benzene rings is 2. The van der Waals surface area contributed by atoms with E-state index in [1.54, 1.807) is 14.2 Å². The van der Waals surface area contributed by atoms with Crippen LogP contribution in [0.2, 0.25) is 0 Å². The van der Waals surface area contributed by atoms with Gasteiger partial charge in [-0.1, -0.05) is 42.5 Å². The van der Waals surface area contributed by atoms with Crippen LogP contribution in [0.5, 0.6) is 11.5 Å². The minimum atomic E-state index is -0.0378. The smallest absolute Gasteiger partial charge is 0.167 e. The molecule has 122 valence electrons. The first-order valence-electron chi connectivity index (χ1n) is 8.26. The van der Waals surface area contributed by atoms with Crippen LogP contribution in [0.15, 0.2) is 54.6 Å². The van der Waals surface area contributed by atoms with Gasteiger partial charge in [-0.3, -0.25) is 4.79 Å². The molecule has 0 amide bonds. The average molecular weight is 320 g/mol. The molecule has 3 atom stereocenters. The van der Waals surface area contributed by atoms with Crippen LogP contribution in [0.1, 0.15) is 39.7 Å². The Morgan fingerprint density at radius 1 is 1.00 bits per heavy atom. The van der Waals surface area contributed by atoms with Crippen LogP contribution in [0.3, 0.4) is 0 Å². The third kappa shape index (κ3) is 2.15. The Morgan fingerprint density at radius 2 is 1.71 bits per heavy atom. The summed E-state index contributed by atoms with van der Waals surface area (Å²) in [6.07, 6.45) is 5.29. The van der Waals surface area contributed by atoms with Gasteiger partial charge in [-0.15, -0.1) is 0 Å². The Kier molecular flexibility index (Phi) is 3.64. The summed E-state index contributed by atoms with van der Waals surface area (Å²) in [7, 11) is 3.23. The van der Waals surface area contributed by atoms with Gasteiger partial charge in [0.15, 0.2) is 17.3 Å². The summed E-state index contributed by atoms with van der Waals surface area (Å²) in [5.41, 5.74) is 3.06. The second-order valence-corrected chi connectivity index (χ2v) is 6.39. The van der Waals surface area contributed by atoms with E-state index in [1.165, 1.54) is 5.56 Å². The molecule has 0 radical (unpaired) electrons. The van der Waals surface area contributed by atoms with Crippen molar-refractivity contribution in [3.63, 3.8) is 0 Å². The maximum atomic E-state index is 13.2. The van der Waals surface area contributed by atoms with Crippen molar-refractivity contribution in [2.45, 2.75) is 18.3 Å². The number of methoxy groups -OCH3 is 2. The van der Waals surface area contributed by atoms with Crippen LogP contribution in [-0.2, 0) is 0 Å². The van der Waals surface area contributed by atoms with Crippen LogP contribution in [0.4, 0.5) is 0 Å². The normalized spacial score (nSPS) is 24.4. The highest BCUT2D eigenvalue weighted by Gasteiger charge is 2.45. The topological polar surface area (TPSA) is 35.5 Å². The summed E-state index contributed by atoms with van der Waals surface area (Å²) in [4.78, 5) is 13.2. The zero-order valence-corrected chi connectivity index (χ0v) is 13.9. The molecule has 2 aliphatic carbocycles. The second kappa shape index (κ2) is 5.82. The number of hydrogen-bond acceptors (Lipinski definition) is 3. The van der Waals surface area contributed by atoms with Gasteiger partial charge in [0.25, 0.3) is 0 Å². The zero-order chi connectivity index (χ0) is 16.7. The molecule has 0 fully saturated rings. The number of rotatable bonds is 3. The van der Waals surface area contributed by atoms with Crippen molar-refractivity contribution in [2.24, 2.45) is 5.92 Å². The van der Waals surface area contributed by atoms with Gasteiger partial charge in [0.2, 0.25) is 0 Å². The molecule has 24 heavy (non-hydrogen) atoms. The maximum Gasteiger partial charge on any atom is 0.167 e. The van der Waals surface area contributed by atoms with Crippen LogP contribution >= 0.6 is 0 Å². The molecule has 2 aromatic rings. The standard InChI is InChI=1S/C21H20O3/c1-23-18-11-16-15-10-6-9-14(13-7-4-3-5-8-13)20(15)21(22)17(16)12-19(18)24-2/h3-8,10-12,14-15,20H,9H2,1-2H3/t14-,15-,20-/m1/s1. The largest absolute Gasteiger partial charge is 0.493 e. The number of carbonyl (C=O) groups excluding carboxylic acids is 1. The van der Waals surface area contributed by atoms with Gasteiger partial charge in [-0.25, -0.2) is 0 Å². The number of ether oxygens (including phenoxy) is 2. The van der Waals surface area contributed by atoms with Crippen molar-refractivity contribution in [1.82, 2.24) is 0 Å². The van der Waals surface area contributed by atoms with E-state index < -0.39 is 0 Å². The molecule has 4 rings (SSSR count). The highest BCUT2D eigenvalue weighted by molar-refractivity contribution is 6.05. The number of allylic oxidation sites excluding steroid dienone is 2. The summed E-state index contributed by atoms with van der Waals surface area (Å²) < 4.78 is 10.8. The van der Waals surface area contributed by atoms with Gasteiger partial charge in [0.1, 0.15) is 0 Å². The number of ketones is 1. The summed E-state index contributed by atoms with van der Waals surface area (Å²) >= 11 is 0. The van der Waals surface area contributed by atoms with Gasteiger partial charge >= 0.3 is 0 Å². The second-order valence-electron chi connectivity index (χ2n) is 6.39. The average Bonchev–Trinajstić information content (AvgIpc) is 2.93. The first-order valence-corrected chi connectivity index (χ1v) is 8.26. The Labute approximate surface area is 141 Å². The molecular weight excluding hydrogens is 300 g/mol. The third-order valence-corrected chi connectivity index (χ3v) is 5.26. The van der Waals surface area contributed by atoms with E-state index in [0.717, 1.165) is 17.5 Å². The van der Waals surface area contributed by atoms with Gasteiger partial charge in [-0.2, -0.15) is 0 Å². The van der Waals surface area contributed by atoms with Crippen LogP contribution < -0.4 is 9.47 Å². The Bertz CT molecular complexity index is 807. The number of Topliss-reactive ketones (excluding diaryl/α,β-unsaturated/α-hetero) is 1. The van der Waals surface area contributed by atoms with E-state index in [1.807, 2.05) is 30.3 Å². The molecular formula is C21H20O3. The van der Waals surface area contributed by atoms with Crippen molar-refractivity contribution < 1.29 is 14.3 Å². The molecule has 2 aromatic carbocycles. The minimum absolute atomic E-state index is 0.0378. The van der Waals surface area contributed by atoms with Gasteiger partial charge in [-0.05, 0) is 35.6 Å². The number of fused-ring (bicyclic) bond motifs is 3. The molecule has 0 saturated heterocycles. The molecule has 0 spiro atoms. The molecule has 0 saturated carbocycles. The predicted molar refractivity (Wildman–Crippen MR) is 93.0 cm³/mol. The number of hydrogen-bond donors (Lipinski definition) is 0. The lowest BCUT2D eigenvalue weighted by Crippen LogP contribution is -2.24. The van der Waals surface area contributed by atoms with Crippen LogP contribution in [0, 0.1) is 5.92 Å². The molecule has 3 heteroatoms. The number of carbonyl (C=O) groups is 1. The summed E-state index contributed by atoms with van der Waals surface area (Å²) in [6.45, 7) is 0. The zero-order valence-electron chi connectivity index (χ0n) is 13.9. The van der Waals surface area contributed by atoms with Crippen molar-refractivity contribution in [3.05, 3.63) is 71.3 Å². The first-order chi connectivity index (χ1) is 11.7. The van der Waals surface area contributed by atoms with Gasteiger partial charge in [0, 0.05) is 17.4 Å². The maximum absolute atomic E-state index is 13.2. The van der Waals surface area contributed by atoms with E-state index >= 15 is 0 Å². The molecule has 2 aliphatic rings. The van der Waals surface area contributed by atoms with Crippen molar-refractivity contribution in [2.75, 3.05) is 14.2 Å².